The minimum Gasteiger partial charge on any atom is -0.383 e. The van der Waals surface area contributed by atoms with Crippen LogP contribution in [0.3, 0.4) is 0 Å². The number of hydrogen-bond acceptors (Lipinski definition) is 4. The van der Waals surface area contributed by atoms with Crippen LogP contribution in [0.4, 0.5) is 5.69 Å². The van der Waals surface area contributed by atoms with E-state index < -0.39 is 14.8 Å². The van der Waals surface area contributed by atoms with Crippen LogP contribution in [0.25, 0.3) is 0 Å². The molecule has 5 nitrogen and oxygen atoms in total. The lowest BCUT2D eigenvalue weighted by atomic mass is 10.3. The fourth-order valence-corrected chi connectivity index (χ4v) is 4.33. The Bertz CT molecular complexity index is 591. The van der Waals surface area contributed by atoms with Gasteiger partial charge >= 0.3 is 0 Å². The molecule has 1 aliphatic carbocycles. The Morgan fingerprint density at radius 1 is 1.58 bits per heavy atom. The summed E-state index contributed by atoms with van der Waals surface area (Å²) in [4.78, 5) is 3.91. The third-order valence-electron chi connectivity index (χ3n) is 3.71. The van der Waals surface area contributed by atoms with Gasteiger partial charge in [-0.25, -0.2) is 8.42 Å². The smallest absolute Gasteiger partial charge is 0.241 e. The highest BCUT2D eigenvalue weighted by molar-refractivity contribution is 7.94. The third-order valence-corrected chi connectivity index (χ3v) is 6.34. The number of rotatable bonds is 5. The minimum atomic E-state index is -3.53. The second kappa shape index (κ2) is 4.92. The van der Waals surface area contributed by atoms with Crippen LogP contribution in [0.2, 0.25) is 5.02 Å². The van der Waals surface area contributed by atoms with Crippen LogP contribution in [0.15, 0.2) is 12.4 Å². The van der Waals surface area contributed by atoms with Crippen LogP contribution < -0.4 is 4.72 Å². The van der Waals surface area contributed by atoms with Gasteiger partial charge in [0.2, 0.25) is 10.0 Å². The summed E-state index contributed by atoms with van der Waals surface area (Å²) in [5.74, 6) is 0.0809. The molecule has 1 aromatic heterocycles. The Labute approximate surface area is 118 Å². The second-order valence-corrected chi connectivity index (χ2v) is 7.43. The molecule has 19 heavy (non-hydrogen) atoms. The number of nitrogens with zero attached hydrogens (tertiary/aromatic N) is 1. The zero-order valence-corrected chi connectivity index (χ0v) is 12.7. The van der Waals surface area contributed by atoms with Gasteiger partial charge in [-0.2, -0.15) is 0 Å². The molecule has 1 N–H and O–H groups in total. The zero-order valence-electron chi connectivity index (χ0n) is 11.1. The van der Waals surface area contributed by atoms with E-state index >= 15 is 0 Å². The highest BCUT2D eigenvalue weighted by atomic mass is 35.5. The molecule has 2 atom stereocenters. The number of sulfonamides is 1. The molecule has 0 spiro atoms. The van der Waals surface area contributed by atoms with Gasteiger partial charge in [-0.15, -0.1) is 0 Å². The fraction of sp³-hybridized carbons (Fsp3) is 0.583. The van der Waals surface area contributed by atoms with Gasteiger partial charge in [0.25, 0.3) is 0 Å². The maximum absolute atomic E-state index is 12.5. The molecule has 106 valence electrons. The Morgan fingerprint density at radius 2 is 2.21 bits per heavy atom. The number of nitrogens with one attached hydrogen (secondary N) is 1. The largest absolute Gasteiger partial charge is 0.383 e. The van der Waals surface area contributed by atoms with Crippen LogP contribution in [0, 0.1) is 12.8 Å². The topological polar surface area (TPSA) is 68.3 Å². The minimum absolute atomic E-state index is 0.0809. The quantitative estimate of drug-likeness (QED) is 0.905. The summed E-state index contributed by atoms with van der Waals surface area (Å²) in [6.07, 6.45) is 3.55. The summed E-state index contributed by atoms with van der Waals surface area (Å²) in [5, 5.41) is 0.435. The molecule has 7 heteroatoms. The lowest BCUT2D eigenvalue weighted by molar-refractivity contribution is 0.188. The SMILES string of the molecule is COC[C@]1(S(=O)(=O)Nc2cncc(Cl)c2C)C[C@@H]1C. The van der Waals surface area contributed by atoms with E-state index in [0.29, 0.717) is 22.7 Å². The monoisotopic (exact) mass is 304 g/mol. The summed E-state index contributed by atoms with van der Waals surface area (Å²) in [6, 6.07) is 0. The maximum Gasteiger partial charge on any atom is 0.241 e. The molecule has 0 radical (unpaired) electrons. The summed E-state index contributed by atoms with van der Waals surface area (Å²) in [7, 11) is -2.02. The Balaban J connectivity index is 2.30. The van der Waals surface area contributed by atoms with Crippen molar-refractivity contribution in [3.63, 3.8) is 0 Å². The molecule has 0 aromatic carbocycles. The van der Waals surface area contributed by atoms with E-state index in [9.17, 15) is 8.42 Å². The number of aromatic nitrogens is 1. The molecule has 1 aromatic rings. The summed E-state index contributed by atoms with van der Waals surface area (Å²) < 4.78 is 31.8. The van der Waals surface area contributed by atoms with Crippen molar-refractivity contribution in [1.82, 2.24) is 4.98 Å². The van der Waals surface area contributed by atoms with Gasteiger partial charge in [-0.1, -0.05) is 18.5 Å². The highest BCUT2D eigenvalue weighted by Crippen LogP contribution is 2.50. The van der Waals surface area contributed by atoms with Crippen molar-refractivity contribution < 1.29 is 13.2 Å². The fourth-order valence-electron chi connectivity index (χ4n) is 2.21. The second-order valence-electron chi connectivity index (χ2n) is 5.00. The average Bonchev–Trinajstić information content (AvgIpc) is 2.98. The van der Waals surface area contributed by atoms with E-state index in [1.54, 1.807) is 6.92 Å². The molecule has 1 saturated carbocycles. The molecule has 1 fully saturated rings. The molecule has 0 aliphatic heterocycles. The number of anilines is 1. The molecule has 0 bridgehead atoms. The van der Waals surface area contributed by atoms with Crippen LogP contribution in [0.1, 0.15) is 18.9 Å². The standard InChI is InChI=1S/C12H17ClN2O3S/c1-8-4-12(8,7-18-3)19(16,17)15-11-6-14-5-10(13)9(11)2/h5-6,8,15H,4,7H2,1-3H3/t8-,12+/m0/s1. The number of methoxy groups -OCH3 is 1. The number of hydrogen-bond donors (Lipinski definition) is 1. The Kier molecular flexibility index (Phi) is 3.77. The van der Waals surface area contributed by atoms with Crippen molar-refractivity contribution in [1.29, 1.82) is 0 Å². The van der Waals surface area contributed by atoms with Gasteiger partial charge in [0.05, 0.1) is 23.5 Å². The van der Waals surface area contributed by atoms with Gasteiger partial charge in [0.1, 0.15) is 4.75 Å². The normalized spacial score (nSPS) is 26.2. The van der Waals surface area contributed by atoms with Crippen molar-refractivity contribution in [2.75, 3.05) is 18.4 Å². The molecular weight excluding hydrogens is 288 g/mol. The first-order valence-corrected chi connectivity index (χ1v) is 7.81. The molecule has 1 aliphatic rings. The van der Waals surface area contributed by atoms with E-state index in [2.05, 4.69) is 9.71 Å². The lowest BCUT2D eigenvalue weighted by Crippen LogP contribution is -2.35. The van der Waals surface area contributed by atoms with Crippen molar-refractivity contribution in [3.05, 3.63) is 23.0 Å². The molecule has 2 rings (SSSR count). The van der Waals surface area contributed by atoms with E-state index in [-0.39, 0.29) is 12.5 Å². The third kappa shape index (κ3) is 2.44. The van der Waals surface area contributed by atoms with E-state index in [0.717, 1.165) is 0 Å². The van der Waals surface area contributed by atoms with Crippen molar-refractivity contribution >= 4 is 27.3 Å². The molecule has 1 heterocycles. The van der Waals surface area contributed by atoms with Gasteiger partial charge in [0.15, 0.2) is 0 Å². The van der Waals surface area contributed by atoms with Gasteiger partial charge in [0, 0.05) is 13.3 Å². The maximum atomic E-state index is 12.5. The van der Waals surface area contributed by atoms with Gasteiger partial charge in [-0.05, 0) is 24.8 Å². The number of ether oxygens (including phenoxy) is 1. The van der Waals surface area contributed by atoms with Crippen LogP contribution in [-0.2, 0) is 14.8 Å². The Morgan fingerprint density at radius 3 is 2.74 bits per heavy atom. The van der Waals surface area contributed by atoms with Crippen LogP contribution in [0.5, 0.6) is 0 Å². The number of pyridine rings is 1. The van der Waals surface area contributed by atoms with E-state index in [1.165, 1.54) is 19.5 Å². The average molecular weight is 305 g/mol. The predicted molar refractivity (Wildman–Crippen MR) is 74.9 cm³/mol. The zero-order chi connectivity index (χ0) is 14.3. The molecular formula is C12H17ClN2O3S. The van der Waals surface area contributed by atoms with Crippen molar-refractivity contribution in [3.8, 4) is 0 Å². The van der Waals surface area contributed by atoms with Crippen molar-refractivity contribution in [2.24, 2.45) is 5.92 Å². The summed E-state index contributed by atoms with van der Waals surface area (Å²) >= 11 is 5.94. The molecule has 0 amide bonds. The van der Waals surface area contributed by atoms with Gasteiger partial charge < -0.3 is 4.74 Å². The van der Waals surface area contributed by atoms with Gasteiger partial charge in [-0.3, -0.25) is 9.71 Å². The van der Waals surface area contributed by atoms with Crippen LogP contribution >= 0.6 is 11.6 Å². The van der Waals surface area contributed by atoms with Crippen molar-refractivity contribution in [2.45, 2.75) is 25.0 Å². The summed E-state index contributed by atoms with van der Waals surface area (Å²) in [5.41, 5.74) is 1.09. The first kappa shape index (κ1) is 14.6. The lowest BCUT2D eigenvalue weighted by Gasteiger charge is -2.19. The Hall–Kier alpha value is -0.850. The first-order chi connectivity index (χ1) is 8.84. The van der Waals surface area contributed by atoms with E-state index in [4.69, 9.17) is 16.3 Å². The predicted octanol–water partition coefficient (Wildman–Crippen LogP) is 2.21. The van der Waals surface area contributed by atoms with Crippen LogP contribution in [-0.4, -0.2) is 31.9 Å². The first-order valence-electron chi connectivity index (χ1n) is 5.95. The molecule has 0 saturated heterocycles. The summed E-state index contributed by atoms with van der Waals surface area (Å²) in [6.45, 7) is 3.85. The highest BCUT2D eigenvalue weighted by Gasteiger charge is 2.61. The molecule has 0 unspecified atom stereocenters. The van der Waals surface area contributed by atoms with E-state index in [1.807, 2.05) is 6.92 Å². The number of halogens is 1.